The molecule has 1 atom stereocenters. The van der Waals surface area contributed by atoms with E-state index < -0.39 is 0 Å². The second kappa shape index (κ2) is 6.48. The number of rotatable bonds is 4. The summed E-state index contributed by atoms with van der Waals surface area (Å²) in [6.07, 6.45) is 0. The number of aromatic nitrogens is 1. The van der Waals surface area contributed by atoms with E-state index in [9.17, 15) is 4.79 Å². The molecule has 4 nitrogen and oxygen atoms in total. The highest BCUT2D eigenvalue weighted by Crippen LogP contribution is 2.38. The predicted molar refractivity (Wildman–Crippen MR) is 101 cm³/mol. The van der Waals surface area contributed by atoms with Crippen LogP contribution in [0.3, 0.4) is 0 Å². The molecule has 0 spiro atoms. The highest BCUT2D eigenvalue weighted by Gasteiger charge is 2.23. The second-order valence-electron chi connectivity index (χ2n) is 6.26. The summed E-state index contributed by atoms with van der Waals surface area (Å²) in [6.45, 7) is 3.49. The van der Waals surface area contributed by atoms with Crippen molar-refractivity contribution in [2.75, 3.05) is 7.11 Å². The molecule has 0 fully saturated rings. The zero-order valence-electron chi connectivity index (χ0n) is 14.3. The summed E-state index contributed by atoms with van der Waals surface area (Å²) < 4.78 is 7.51. The van der Waals surface area contributed by atoms with Crippen LogP contribution in [-0.2, 0) is 13.1 Å². The van der Waals surface area contributed by atoms with Gasteiger partial charge in [0.1, 0.15) is 11.4 Å². The Morgan fingerprint density at radius 2 is 2.12 bits per heavy atom. The summed E-state index contributed by atoms with van der Waals surface area (Å²) in [5, 5.41) is 4.61. The molecule has 0 saturated heterocycles. The molecule has 5 heteroatoms. The molecule has 2 heterocycles. The zero-order chi connectivity index (χ0) is 17.4. The van der Waals surface area contributed by atoms with Crippen LogP contribution in [-0.4, -0.2) is 22.8 Å². The van der Waals surface area contributed by atoms with Crippen molar-refractivity contribution >= 4 is 28.6 Å². The average Bonchev–Trinajstić information content (AvgIpc) is 3.00. The Hall–Kier alpha value is -2.40. The van der Waals surface area contributed by atoms with E-state index in [2.05, 4.69) is 35.0 Å². The van der Waals surface area contributed by atoms with Crippen molar-refractivity contribution in [3.8, 4) is 5.75 Å². The summed E-state index contributed by atoms with van der Waals surface area (Å²) in [5.74, 6) is 0.740. The fraction of sp³-hybridized carbons (Fsp3) is 0.250. The number of nitrogens with one attached hydrogen (secondary N) is 1. The van der Waals surface area contributed by atoms with Crippen molar-refractivity contribution in [2.24, 2.45) is 0 Å². The Kier molecular flexibility index (Phi) is 4.17. The Morgan fingerprint density at radius 3 is 2.96 bits per heavy atom. The minimum atomic E-state index is -0.0489. The van der Waals surface area contributed by atoms with Gasteiger partial charge in [-0.05, 0) is 18.2 Å². The lowest BCUT2D eigenvalue weighted by Crippen LogP contribution is -2.27. The van der Waals surface area contributed by atoms with Gasteiger partial charge < -0.3 is 14.6 Å². The van der Waals surface area contributed by atoms with Crippen LogP contribution in [0.4, 0.5) is 0 Å². The molecular weight excluding hydrogens is 332 g/mol. The van der Waals surface area contributed by atoms with E-state index in [1.54, 1.807) is 7.11 Å². The number of methoxy groups -OCH3 is 1. The van der Waals surface area contributed by atoms with Crippen LogP contribution in [0.15, 0.2) is 53.4 Å². The van der Waals surface area contributed by atoms with E-state index in [0.717, 1.165) is 28.9 Å². The van der Waals surface area contributed by atoms with Gasteiger partial charge in [0.2, 0.25) is 0 Å². The van der Waals surface area contributed by atoms with Crippen molar-refractivity contribution in [1.82, 2.24) is 9.88 Å². The first-order valence-corrected chi connectivity index (χ1v) is 9.24. The first kappa shape index (κ1) is 16.1. The van der Waals surface area contributed by atoms with Crippen LogP contribution in [0, 0.1) is 0 Å². The van der Waals surface area contributed by atoms with E-state index in [1.165, 1.54) is 10.4 Å². The molecule has 0 unspecified atom stereocenters. The minimum Gasteiger partial charge on any atom is -0.496 e. The maximum absolute atomic E-state index is 12.8. The van der Waals surface area contributed by atoms with Crippen molar-refractivity contribution in [1.29, 1.82) is 0 Å². The summed E-state index contributed by atoms with van der Waals surface area (Å²) >= 11 is 1.88. The summed E-state index contributed by atoms with van der Waals surface area (Å²) in [4.78, 5) is 14.1. The molecule has 2 aromatic carbocycles. The molecule has 1 N–H and O–H groups in total. The molecule has 1 amide bonds. The van der Waals surface area contributed by atoms with E-state index in [4.69, 9.17) is 4.74 Å². The van der Waals surface area contributed by atoms with Crippen molar-refractivity contribution in [3.63, 3.8) is 0 Å². The van der Waals surface area contributed by atoms with E-state index in [1.807, 2.05) is 42.1 Å². The highest BCUT2D eigenvalue weighted by atomic mass is 32.2. The summed E-state index contributed by atoms with van der Waals surface area (Å²) in [5.41, 5.74) is 2.87. The van der Waals surface area contributed by atoms with Crippen LogP contribution in [0.1, 0.15) is 23.0 Å². The third kappa shape index (κ3) is 2.89. The molecular formula is C20H20N2O2S. The van der Waals surface area contributed by atoms with Crippen molar-refractivity contribution in [3.05, 3.63) is 59.8 Å². The molecule has 4 rings (SSSR count). The number of para-hydroxylation sites is 2. The number of nitrogens with zero attached hydrogens (tertiary/aromatic N) is 1. The van der Waals surface area contributed by atoms with Gasteiger partial charge in [-0.2, -0.15) is 0 Å². The molecule has 0 aliphatic carbocycles. The van der Waals surface area contributed by atoms with Gasteiger partial charge in [-0.3, -0.25) is 4.79 Å². The molecule has 128 valence electrons. The molecule has 3 aromatic rings. The number of ether oxygens (including phenoxy) is 1. The maximum atomic E-state index is 12.8. The fourth-order valence-corrected chi connectivity index (χ4v) is 4.54. The molecule has 0 bridgehead atoms. The fourth-order valence-electron chi connectivity index (χ4n) is 3.39. The van der Waals surface area contributed by atoms with Crippen LogP contribution < -0.4 is 10.1 Å². The topological polar surface area (TPSA) is 43.3 Å². The van der Waals surface area contributed by atoms with Gasteiger partial charge in [-0.1, -0.05) is 37.3 Å². The molecule has 0 radical (unpaired) electrons. The Bertz CT molecular complexity index is 948. The number of carbonyl (C=O) groups excluding carboxylic acids is 1. The third-order valence-electron chi connectivity index (χ3n) is 4.52. The summed E-state index contributed by atoms with van der Waals surface area (Å²) in [7, 11) is 1.64. The van der Waals surface area contributed by atoms with E-state index in [0.29, 0.717) is 11.8 Å². The number of amides is 1. The first-order valence-electron chi connectivity index (χ1n) is 8.36. The van der Waals surface area contributed by atoms with Crippen molar-refractivity contribution in [2.45, 2.75) is 30.2 Å². The second-order valence-corrected chi connectivity index (χ2v) is 7.74. The molecule has 0 saturated carbocycles. The van der Waals surface area contributed by atoms with Gasteiger partial charge >= 0.3 is 0 Å². The lowest BCUT2D eigenvalue weighted by molar-refractivity contribution is 0.0941. The van der Waals surface area contributed by atoms with Gasteiger partial charge in [0, 0.05) is 34.2 Å². The van der Waals surface area contributed by atoms with Crippen LogP contribution in [0.5, 0.6) is 5.75 Å². The molecule has 1 aliphatic rings. The predicted octanol–water partition coefficient (Wildman–Crippen LogP) is 4.07. The van der Waals surface area contributed by atoms with Crippen LogP contribution in [0.2, 0.25) is 0 Å². The lowest BCUT2D eigenvalue weighted by atomic mass is 10.2. The highest BCUT2D eigenvalue weighted by molar-refractivity contribution is 8.00. The standard InChI is InChI=1S/C20H20N2O2S/c1-13-12-22-16(10-14-7-5-9-18(25-13)19(14)22)20(23)21-11-15-6-3-4-8-17(15)24-2/h3-10,13H,11-12H2,1-2H3,(H,21,23)/t13-/m1/s1. The number of hydrogen-bond donors (Lipinski definition) is 1. The average molecular weight is 352 g/mol. The number of hydrogen-bond acceptors (Lipinski definition) is 3. The smallest absolute Gasteiger partial charge is 0.268 e. The number of benzene rings is 2. The van der Waals surface area contributed by atoms with Gasteiger partial charge in [-0.15, -0.1) is 11.8 Å². The molecule has 1 aliphatic heterocycles. The molecule has 25 heavy (non-hydrogen) atoms. The minimum absolute atomic E-state index is 0.0489. The summed E-state index contributed by atoms with van der Waals surface area (Å²) in [6, 6.07) is 16.0. The Morgan fingerprint density at radius 1 is 1.28 bits per heavy atom. The maximum Gasteiger partial charge on any atom is 0.268 e. The monoisotopic (exact) mass is 352 g/mol. The molecule has 1 aromatic heterocycles. The van der Waals surface area contributed by atoms with Gasteiger partial charge in [0.05, 0.1) is 12.6 Å². The van der Waals surface area contributed by atoms with Crippen LogP contribution in [0.25, 0.3) is 10.9 Å². The van der Waals surface area contributed by atoms with Crippen LogP contribution >= 0.6 is 11.8 Å². The zero-order valence-corrected chi connectivity index (χ0v) is 15.1. The third-order valence-corrected chi connectivity index (χ3v) is 5.65. The van der Waals surface area contributed by atoms with E-state index in [-0.39, 0.29) is 5.91 Å². The van der Waals surface area contributed by atoms with Gasteiger partial charge in [0.25, 0.3) is 5.91 Å². The normalized spacial score (nSPS) is 16.0. The lowest BCUT2D eigenvalue weighted by Gasteiger charge is -2.22. The van der Waals surface area contributed by atoms with E-state index >= 15 is 0 Å². The Balaban J connectivity index is 1.63. The largest absolute Gasteiger partial charge is 0.496 e. The quantitative estimate of drug-likeness (QED) is 0.770. The van der Waals surface area contributed by atoms with Crippen molar-refractivity contribution < 1.29 is 9.53 Å². The SMILES string of the molecule is COc1ccccc1CNC(=O)c1cc2cccc3c2n1C[C@@H](C)S3. The number of carbonyl (C=O) groups is 1. The first-order chi connectivity index (χ1) is 12.2. The number of thioether (sulfide) groups is 1. The van der Waals surface area contributed by atoms with Gasteiger partial charge in [-0.25, -0.2) is 0 Å². The van der Waals surface area contributed by atoms with Gasteiger partial charge in [0.15, 0.2) is 0 Å². The Labute approximate surface area is 151 Å².